The van der Waals surface area contributed by atoms with Gasteiger partial charge in [0.05, 0.1) is 6.10 Å². The van der Waals surface area contributed by atoms with E-state index in [1.165, 1.54) is 0 Å². The second kappa shape index (κ2) is 6.84. The Bertz CT molecular complexity index is 173. The summed E-state index contributed by atoms with van der Waals surface area (Å²) in [7, 11) is 1.72. The van der Waals surface area contributed by atoms with Gasteiger partial charge in [-0.25, -0.2) is 0 Å². The first-order valence-corrected chi connectivity index (χ1v) is 4.80. The summed E-state index contributed by atoms with van der Waals surface area (Å²) in [4.78, 5) is 10.3. The minimum Gasteiger partial charge on any atom is -0.381 e. The lowest BCUT2D eigenvalue weighted by Crippen LogP contribution is -2.19. The zero-order valence-electron chi connectivity index (χ0n) is 9.04. The number of aldehydes is 1. The monoisotopic (exact) mass is 184 g/mol. The first-order valence-electron chi connectivity index (χ1n) is 4.80. The second-order valence-electron chi connectivity index (χ2n) is 3.46. The molecule has 13 heavy (non-hydrogen) atoms. The zero-order chi connectivity index (χ0) is 10.3. The van der Waals surface area contributed by atoms with Crippen LogP contribution in [0.3, 0.4) is 0 Å². The third-order valence-corrected chi connectivity index (χ3v) is 2.44. The highest BCUT2D eigenvalue weighted by Crippen LogP contribution is 2.15. The maximum absolute atomic E-state index is 10.3. The Kier molecular flexibility index (Phi) is 6.51. The maximum atomic E-state index is 10.3. The summed E-state index contributed by atoms with van der Waals surface area (Å²) < 4.78 is 5.34. The van der Waals surface area contributed by atoms with Gasteiger partial charge >= 0.3 is 0 Å². The lowest BCUT2D eigenvalue weighted by Gasteiger charge is -2.19. The van der Waals surface area contributed by atoms with Gasteiger partial charge in [0.15, 0.2) is 0 Å². The molecule has 0 aromatic heterocycles. The highest BCUT2D eigenvalue weighted by atomic mass is 16.5. The minimum absolute atomic E-state index is 0.236. The van der Waals surface area contributed by atoms with Crippen LogP contribution in [0.4, 0.5) is 0 Å². The fourth-order valence-electron chi connectivity index (χ4n) is 1.17. The number of methoxy groups -OCH3 is 1. The summed E-state index contributed by atoms with van der Waals surface area (Å²) in [5.41, 5.74) is 0.783. The summed E-state index contributed by atoms with van der Waals surface area (Å²) in [6, 6.07) is 0. The second-order valence-corrected chi connectivity index (χ2v) is 3.46. The van der Waals surface area contributed by atoms with Gasteiger partial charge < -0.3 is 4.74 Å². The number of hydrogen-bond donors (Lipinski definition) is 0. The van der Waals surface area contributed by atoms with Crippen molar-refractivity contribution in [1.29, 1.82) is 0 Å². The smallest absolute Gasteiger partial charge is 0.145 e. The Balaban J connectivity index is 4.05. The van der Waals surface area contributed by atoms with E-state index in [2.05, 4.69) is 13.8 Å². The summed E-state index contributed by atoms with van der Waals surface area (Å²) in [6.07, 6.45) is 4.99. The summed E-state index contributed by atoms with van der Waals surface area (Å²) in [5, 5.41) is 0. The molecule has 0 saturated carbocycles. The van der Waals surface area contributed by atoms with E-state index in [1.807, 2.05) is 13.0 Å². The Morgan fingerprint density at radius 2 is 2.15 bits per heavy atom. The lowest BCUT2D eigenvalue weighted by atomic mass is 9.98. The Labute approximate surface area is 81.0 Å². The summed E-state index contributed by atoms with van der Waals surface area (Å²) in [6.45, 7) is 6.13. The number of hydrogen-bond acceptors (Lipinski definition) is 2. The van der Waals surface area contributed by atoms with Gasteiger partial charge in [0.1, 0.15) is 6.29 Å². The van der Waals surface area contributed by atoms with Crippen LogP contribution < -0.4 is 0 Å². The van der Waals surface area contributed by atoms with Gasteiger partial charge in [0, 0.05) is 7.11 Å². The van der Waals surface area contributed by atoms with Gasteiger partial charge in [-0.3, -0.25) is 4.79 Å². The van der Waals surface area contributed by atoms with E-state index >= 15 is 0 Å². The zero-order valence-corrected chi connectivity index (χ0v) is 9.04. The first-order chi connectivity index (χ1) is 6.15. The molecule has 0 rings (SSSR count). The van der Waals surface area contributed by atoms with Crippen LogP contribution in [-0.2, 0) is 9.53 Å². The van der Waals surface area contributed by atoms with Gasteiger partial charge in [0.2, 0.25) is 0 Å². The van der Waals surface area contributed by atoms with Gasteiger partial charge in [-0.15, -0.1) is 0 Å². The molecule has 0 bridgehead atoms. The molecule has 2 unspecified atom stereocenters. The van der Waals surface area contributed by atoms with Crippen LogP contribution in [0.1, 0.15) is 33.6 Å². The van der Waals surface area contributed by atoms with E-state index in [0.29, 0.717) is 5.92 Å². The van der Waals surface area contributed by atoms with Crippen molar-refractivity contribution in [2.24, 2.45) is 5.92 Å². The van der Waals surface area contributed by atoms with Gasteiger partial charge in [-0.1, -0.05) is 26.3 Å². The van der Waals surface area contributed by atoms with Crippen LogP contribution in [0.5, 0.6) is 0 Å². The van der Waals surface area contributed by atoms with Crippen LogP contribution in [0.2, 0.25) is 0 Å². The maximum Gasteiger partial charge on any atom is 0.145 e. The molecule has 2 nitrogen and oxygen atoms in total. The highest BCUT2D eigenvalue weighted by molar-refractivity contribution is 5.71. The van der Waals surface area contributed by atoms with Crippen LogP contribution in [0.25, 0.3) is 0 Å². The van der Waals surface area contributed by atoms with Crippen molar-refractivity contribution >= 4 is 6.29 Å². The lowest BCUT2D eigenvalue weighted by molar-refractivity contribution is -0.104. The predicted octanol–water partition coefficient (Wildman–Crippen LogP) is 2.58. The normalized spacial score (nSPS) is 16.8. The largest absolute Gasteiger partial charge is 0.381 e. The van der Waals surface area contributed by atoms with Crippen LogP contribution in [0.15, 0.2) is 11.6 Å². The highest BCUT2D eigenvalue weighted by Gasteiger charge is 2.12. The predicted molar refractivity (Wildman–Crippen MR) is 54.7 cm³/mol. The number of carbonyl (C=O) groups is 1. The molecule has 0 aliphatic heterocycles. The number of allylic oxidation sites excluding steroid dienone is 1. The van der Waals surface area contributed by atoms with Crippen molar-refractivity contribution in [2.75, 3.05) is 7.11 Å². The molecule has 0 aromatic rings. The Morgan fingerprint density at radius 3 is 2.54 bits per heavy atom. The summed E-state index contributed by atoms with van der Waals surface area (Å²) in [5.74, 6) is 0.542. The van der Waals surface area contributed by atoms with Crippen molar-refractivity contribution in [1.82, 2.24) is 0 Å². The number of carbonyl (C=O) groups excluding carboxylic acids is 1. The topological polar surface area (TPSA) is 26.3 Å². The minimum atomic E-state index is 0.236. The van der Waals surface area contributed by atoms with Crippen LogP contribution in [-0.4, -0.2) is 19.5 Å². The standard InChI is InChI=1S/C11H20O2/c1-5-10(3)11(13-4)7-6-9(2)8-12/h6,8,10-11H,5,7H2,1-4H3. The fraction of sp³-hybridized carbons (Fsp3) is 0.727. The van der Waals surface area contributed by atoms with Gasteiger partial charge in [-0.2, -0.15) is 0 Å². The molecule has 76 valence electrons. The molecule has 2 heteroatoms. The van der Waals surface area contributed by atoms with E-state index < -0.39 is 0 Å². The molecule has 0 aliphatic rings. The molecule has 0 amide bonds. The molecular weight excluding hydrogens is 164 g/mol. The summed E-state index contributed by atoms with van der Waals surface area (Å²) >= 11 is 0. The average molecular weight is 184 g/mol. The molecule has 0 saturated heterocycles. The van der Waals surface area contributed by atoms with Crippen molar-refractivity contribution in [3.63, 3.8) is 0 Å². The molecule has 0 aliphatic carbocycles. The van der Waals surface area contributed by atoms with E-state index in [9.17, 15) is 4.79 Å². The molecule has 0 heterocycles. The number of rotatable bonds is 6. The van der Waals surface area contributed by atoms with Crippen LogP contribution >= 0.6 is 0 Å². The molecule has 2 atom stereocenters. The van der Waals surface area contributed by atoms with Gasteiger partial charge in [-0.05, 0) is 24.8 Å². The van der Waals surface area contributed by atoms with Crippen molar-refractivity contribution in [2.45, 2.75) is 39.7 Å². The third-order valence-electron chi connectivity index (χ3n) is 2.44. The number of ether oxygens (including phenoxy) is 1. The first kappa shape index (κ1) is 12.4. The average Bonchev–Trinajstić information content (AvgIpc) is 2.17. The third kappa shape index (κ3) is 4.83. The van der Waals surface area contributed by atoms with Crippen molar-refractivity contribution < 1.29 is 9.53 Å². The Hall–Kier alpha value is -0.630. The quantitative estimate of drug-likeness (QED) is 0.468. The SMILES string of the molecule is CCC(C)C(CC=C(C)C=O)OC. The van der Waals surface area contributed by atoms with Crippen LogP contribution in [0, 0.1) is 5.92 Å². The molecule has 0 radical (unpaired) electrons. The van der Waals surface area contributed by atoms with E-state index in [4.69, 9.17) is 4.74 Å². The van der Waals surface area contributed by atoms with Gasteiger partial charge in [0.25, 0.3) is 0 Å². The van der Waals surface area contributed by atoms with E-state index in [1.54, 1.807) is 7.11 Å². The van der Waals surface area contributed by atoms with Crippen molar-refractivity contribution in [3.05, 3.63) is 11.6 Å². The molecule has 0 aromatic carbocycles. The molecular formula is C11H20O2. The Morgan fingerprint density at radius 1 is 1.54 bits per heavy atom. The molecule has 0 fully saturated rings. The fourth-order valence-corrected chi connectivity index (χ4v) is 1.17. The van der Waals surface area contributed by atoms with Crippen molar-refractivity contribution in [3.8, 4) is 0 Å². The molecule has 0 N–H and O–H groups in total. The molecule has 0 spiro atoms. The van der Waals surface area contributed by atoms with E-state index in [0.717, 1.165) is 24.7 Å². The van der Waals surface area contributed by atoms with E-state index in [-0.39, 0.29) is 6.10 Å².